The first-order valence-electron chi connectivity index (χ1n) is 4.54. The molecule has 2 aliphatic rings. The molecule has 10 heavy (non-hydrogen) atoms. The van der Waals surface area contributed by atoms with Crippen LogP contribution in [0.25, 0.3) is 0 Å². The van der Waals surface area contributed by atoms with Crippen molar-refractivity contribution in [2.24, 2.45) is 11.8 Å². The lowest BCUT2D eigenvalue weighted by Crippen LogP contribution is -2.43. The van der Waals surface area contributed by atoms with Crippen molar-refractivity contribution in [3.63, 3.8) is 0 Å². The lowest BCUT2D eigenvalue weighted by molar-refractivity contribution is 0.378. The Morgan fingerprint density at radius 2 is 2.30 bits per heavy atom. The molecule has 0 aromatic carbocycles. The van der Waals surface area contributed by atoms with Crippen LogP contribution >= 0.6 is 0 Å². The Balaban J connectivity index is 1.77. The minimum atomic E-state index is 0.606. The number of unbranched alkanes of at least 4 members (excludes halogenated alkanes) is 1. The molecule has 0 amide bonds. The Morgan fingerprint density at radius 3 is 2.70 bits per heavy atom. The van der Waals surface area contributed by atoms with Crippen LogP contribution in [0.1, 0.15) is 33.1 Å². The van der Waals surface area contributed by atoms with Crippen molar-refractivity contribution in [2.75, 3.05) is 6.54 Å². The van der Waals surface area contributed by atoms with Crippen LogP contribution in [0.2, 0.25) is 0 Å². The average molecular weight is 139 g/mol. The zero-order valence-corrected chi connectivity index (χ0v) is 6.98. The van der Waals surface area contributed by atoms with Crippen molar-refractivity contribution < 1.29 is 0 Å². The van der Waals surface area contributed by atoms with Gasteiger partial charge in [0.1, 0.15) is 0 Å². The molecule has 58 valence electrons. The molecule has 2 fully saturated rings. The van der Waals surface area contributed by atoms with E-state index >= 15 is 0 Å². The van der Waals surface area contributed by atoms with Gasteiger partial charge in [0, 0.05) is 12.1 Å². The summed E-state index contributed by atoms with van der Waals surface area (Å²) in [5, 5.41) is 3.52. The summed E-state index contributed by atoms with van der Waals surface area (Å²) in [6, 6.07) is 0. The molecule has 0 aromatic heterocycles. The number of hydrogen-bond donors (Lipinski definition) is 1. The van der Waals surface area contributed by atoms with E-state index in [0.717, 1.165) is 11.8 Å². The molecular weight excluding hydrogens is 122 g/mol. The fourth-order valence-electron chi connectivity index (χ4n) is 2.44. The summed E-state index contributed by atoms with van der Waals surface area (Å²) in [6.07, 6.45) is 4.25. The van der Waals surface area contributed by atoms with Crippen LogP contribution in [0.15, 0.2) is 0 Å². The molecule has 1 saturated carbocycles. The summed E-state index contributed by atoms with van der Waals surface area (Å²) in [5.41, 5.74) is 0.606. The fourth-order valence-corrected chi connectivity index (χ4v) is 2.44. The van der Waals surface area contributed by atoms with E-state index in [0.29, 0.717) is 5.54 Å². The molecule has 1 heterocycles. The van der Waals surface area contributed by atoms with E-state index in [1.54, 1.807) is 0 Å². The predicted molar refractivity (Wildman–Crippen MR) is 42.9 cm³/mol. The average Bonchev–Trinajstić information content (AvgIpc) is 2.30. The standard InChI is InChI=1S/C9H17N/c1-3-4-5-7-8-6-10-9(7,8)2/h7-8,10H,3-6H2,1-2H3. The molecule has 0 spiro atoms. The summed E-state index contributed by atoms with van der Waals surface area (Å²) >= 11 is 0. The highest BCUT2D eigenvalue weighted by Crippen LogP contribution is 2.58. The van der Waals surface area contributed by atoms with Gasteiger partial charge in [-0.25, -0.2) is 0 Å². The molecule has 1 nitrogen and oxygen atoms in total. The highest BCUT2D eigenvalue weighted by atomic mass is 15.2. The summed E-state index contributed by atoms with van der Waals surface area (Å²) in [5.74, 6) is 2.09. The van der Waals surface area contributed by atoms with Gasteiger partial charge in [-0.15, -0.1) is 0 Å². The van der Waals surface area contributed by atoms with Crippen LogP contribution in [0, 0.1) is 11.8 Å². The van der Waals surface area contributed by atoms with Gasteiger partial charge in [-0.05, 0) is 25.2 Å². The van der Waals surface area contributed by atoms with Crippen LogP contribution in [-0.2, 0) is 0 Å². The quantitative estimate of drug-likeness (QED) is 0.628. The summed E-state index contributed by atoms with van der Waals surface area (Å²) < 4.78 is 0. The van der Waals surface area contributed by atoms with Crippen molar-refractivity contribution >= 4 is 0 Å². The SMILES string of the molecule is CCCCC1C2CNC12C. The first-order valence-corrected chi connectivity index (χ1v) is 4.54. The van der Waals surface area contributed by atoms with E-state index in [1.807, 2.05) is 0 Å². The minimum absolute atomic E-state index is 0.606. The Hall–Kier alpha value is -0.0400. The van der Waals surface area contributed by atoms with Crippen molar-refractivity contribution in [2.45, 2.75) is 38.6 Å². The molecular formula is C9H17N. The zero-order valence-electron chi connectivity index (χ0n) is 6.98. The Bertz CT molecular complexity index is 144. The van der Waals surface area contributed by atoms with Gasteiger partial charge in [-0.1, -0.05) is 19.8 Å². The highest BCUT2D eigenvalue weighted by molar-refractivity contribution is 5.22. The molecule has 0 bridgehead atoms. The molecule has 0 aromatic rings. The lowest BCUT2D eigenvalue weighted by Gasteiger charge is -2.22. The minimum Gasteiger partial charge on any atom is -0.311 e. The van der Waals surface area contributed by atoms with Crippen LogP contribution in [0.3, 0.4) is 0 Å². The van der Waals surface area contributed by atoms with Gasteiger partial charge >= 0.3 is 0 Å². The lowest BCUT2D eigenvalue weighted by atomic mass is 10.1. The van der Waals surface area contributed by atoms with E-state index in [9.17, 15) is 0 Å². The molecule has 3 unspecified atom stereocenters. The van der Waals surface area contributed by atoms with Crippen LogP contribution in [-0.4, -0.2) is 12.1 Å². The van der Waals surface area contributed by atoms with E-state index in [-0.39, 0.29) is 0 Å². The Morgan fingerprint density at radius 1 is 1.60 bits per heavy atom. The number of nitrogens with one attached hydrogen (secondary N) is 1. The second kappa shape index (κ2) is 1.97. The molecule has 1 heteroatoms. The van der Waals surface area contributed by atoms with Crippen molar-refractivity contribution in [3.8, 4) is 0 Å². The molecule has 3 atom stereocenters. The van der Waals surface area contributed by atoms with E-state index in [4.69, 9.17) is 0 Å². The predicted octanol–water partition coefficient (Wildman–Crippen LogP) is 1.78. The molecule has 1 saturated heterocycles. The van der Waals surface area contributed by atoms with Crippen molar-refractivity contribution in [1.29, 1.82) is 0 Å². The number of rotatable bonds is 3. The van der Waals surface area contributed by atoms with Gasteiger partial charge in [-0.2, -0.15) is 0 Å². The monoisotopic (exact) mass is 139 g/mol. The molecule has 2 rings (SSSR count). The van der Waals surface area contributed by atoms with Crippen molar-refractivity contribution in [1.82, 2.24) is 5.32 Å². The maximum atomic E-state index is 3.52. The molecule has 0 radical (unpaired) electrons. The zero-order chi connectivity index (χ0) is 7.19. The second-order valence-electron chi connectivity index (χ2n) is 4.02. The van der Waals surface area contributed by atoms with E-state index in [1.165, 1.54) is 25.8 Å². The fraction of sp³-hybridized carbons (Fsp3) is 1.00. The summed E-state index contributed by atoms with van der Waals surface area (Å²) in [7, 11) is 0. The maximum Gasteiger partial charge on any atom is 0.0229 e. The maximum absolute atomic E-state index is 3.52. The molecule has 1 aliphatic heterocycles. The van der Waals surface area contributed by atoms with E-state index < -0.39 is 0 Å². The first-order chi connectivity index (χ1) is 4.79. The van der Waals surface area contributed by atoms with Gasteiger partial charge in [0.05, 0.1) is 0 Å². The smallest absolute Gasteiger partial charge is 0.0229 e. The van der Waals surface area contributed by atoms with Gasteiger partial charge in [0.15, 0.2) is 0 Å². The van der Waals surface area contributed by atoms with Crippen LogP contribution < -0.4 is 5.32 Å². The third-order valence-corrected chi connectivity index (χ3v) is 3.49. The van der Waals surface area contributed by atoms with Gasteiger partial charge in [-0.3, -0.25) is 0 Å². The second-order valence-corrected chi connectivity index (χ2v) is 4.02. The molecule has 1 aliphatic carbocycles. The van der Waals surface area contributed by atoms with Crippen molar-refractivity contribution in [3.05, 3.63) is 0 Å². The van der Waals surface area contributed by atoms with Crippen LogP contribution in [0.5, 0.6) is 0 Å². The largest absolute Gasteiger partial charge is 0.311 e. The van der Waals surface area contributed by atoms with Crippen LogP contribution in [0.4, 0.5) is 0 Å². The van der Waals surface area contributed by atoms with Gasteiger partial charge < -0.3 is 5.32 Å². The Labute approximate surface area is 63.2 Å². The highest BCUT2D eigenvalue weighted by Gasteiger charge is 2.66. The molecule has 1 N–H and O–H groups in total. The number of fused-ring (bicyclic) bond motifs is 1. The van der Waals surface area contributed by atoms with Gasteiger partial charge in [0.2, 0.25) is 0 Å². The third-order valence-electron chi connectivity index (χ3n) is 3.49. The van der Waals surface area contributed by atoms with E-state index in [2.05, 4.69) is 19.2 Å². The summed E-state index contributed by atoms with van der Waals surface area (Å²) in [4.78, 5) is 0. The Kier molecular flexibility index (Phi) is 1.31. The summed E-state index contributed by atoms with van der Waals surface area (Å²) in [6.45, 7) is 5.95. The number of hydrogen-bond acceptors (Lipinski definition) is 1. The van der Waals surface area contributed by atoms with Gasteiger partial charge in [0.25, 0.3) is 0 Å². The topological polar surface area (TPSA) is 12.0 Å². The normalized spacial score (nSPS) is 49.8. The first kappa shape index (κ1) is 6.66. The third kappa shape index (κ3) is 0.672.